The third-order valence-electron chi connectivity index (χ3n) is 4.26. The van der Waals surface area contributed by atoms with Crippen molar-refractivity contribution in [3.8, 4) is 11.4 Å². The summed E-state index contributed by atoms with van der Waals surface area (Å²) in [6.45, 7) is 5.32. The summed E-state index contributed by atoms with van der Waals surface area (Å²) in [7, 11) is 0. The molecule has 2 heterocycles. The van der Waals surface area contributed by atoms with Crippen LogP contribution in [0.2, 0.25) is 0 Å². The van der Waals surface area contributed by atoms with Crippen molar-refractivity contribution < 1.29 is 13.7 Å². The number of hydrogen-bond acceptors (Lipinski definition) is 4. The number of carbonyl (C=O) groups is 1. The van der Waals surface area contributed by atoms with Gasteiger partial charge in [0.15, 0.2) is 0 Å². The van der Waals surface area contributed by atoms with Crippen LogP contribution in [0.4, 0.5) is 9.18 Å². The van der Waals surface area contributed by atoms with Crippen molar-refractivity contribution in [2.75, 3.05) is 13.1 Å². The smallest absolute Gasteiger partial charge is 0.317 e. The second kappa shape index (κ2) is 7.63. The Morgan fingerprint density at radius 2 is 2.24 bits per heavy atom. The average molecular weight is 346 g/mol. The minimum atomic E-state index is -0.371. The number of nitrogens with zero attached hydrogens (tertiary/aromatic N) is 3. The summed E-state index contributed by atoms with van der Waals surface area (Å²) in [5, 5.41) is 6.81. The number of piperidine rings is 1. The number of halogens is 1. The molecular formula is C18H23FN4O2. The van der Waals surface area contributed by atoms with Crippen LogP contribution in [0, 0.1) is 11.7 Å². The molecule has 7 heteroatoms. The summed E-state index contributed by atoms with van der Waals surface area (Å²) >= 11 is 0. The Hall–Kier alpha value is -2.44. The van der Waals surface area contributed by atoms with Crippen LogP contribution in [0.5, 0.6) is 0 Å². The standard InChI is InChI=1S/C18H23FN4O2/c1-12(2)20-18(24)23-9-5-6-13(11-23)10-16-21-17(22-25-16)14-7-3-4-8-15(14)19/h3-4,7-8,12-13H,5-6,9-11H2,1-2H3,(H,20,24). The summed E-state index contributed by atoms with van der Waals surface area (Å²) in [5.41, 5.74) is 0.332. The summed E-state index contributed by atoms with van der Waals surface area (Å²) in [4.78, 5) is 18.3. The second-order valence-electron chi connectivity index (χ2n) is 6.75. The van der Waals surface area contributed by atoms with Gasteiger partial charge in [-0.05, 0) is 44.7 Å². The van der Waals surface area contributed by atoms with E-state index < -0.39 is 0 Å². The number of likely N-dealkylation sites (tertiary alicyclic amines) is 1. The molecule has 6 nitrogen and oxygen atoms in total. The van der Waals surface area contributed by atoms with Gasteiger partial charge in [-0.3, -0.25) is 0 Å². The van der Waals surface area contributed by atoms with Gasteiger partial charge in [-0.25, -0.2) is 9.18 Å². The molecule has 1 N–H and O–H groups in total. The van der Waals surface area contributed by atoms with Gasteiger partial charge in [-0.2, -0.15) is 4.98 Å². The molecule has 1 saturated heterocycles. The van der Waals surface area contributed by atoms with Crippen molar-refractivity contribution in [3.05, 3.63) is 36.0 Å². The number of carbonyl (C=O) groups excluding carboxylic acids is 1. The van der Waals surface area contributed by atoms with Gasteiger partial charge in [0, 0.05) is 25.6 Å². The molecule has 1 unspecified atom stereocenters. The molecule has 0 saturated carbocycles. The molecule has 1 aliphatic heterocycles. The van der Waals surface area contributed by atoms with Gasteiger partial charge < -0.3 is 14.7 Å². The Morgan fingerprint density at radius 1 is 1.44 bits per heavy atom. The lowest BCUT2D eigenvalue weighted by Crippen LogP contribution is -2.47. The van der Waals surface area contributed by atoms with E-state index in [4.69, 9.17) is 4.52 Å². The Kier molecular flexibility index (Phi) is 5.31. The zero-order valence-electron chi connectivity index (χ0n) is 14.5. The van der Waals surface area contributed by atoms with Crippen molar-refractivity contribution in [1.29, 1.82) is 0 Å². The number of nitrogens with one attached hydrogen (secondary N) is 1. The lowest BCUT2D eigenvalue weighted by molar-refractivity contribution is 0.159. The maximum absolute atomic E-state index is 13.8. The molecular weight excluding hydrogens is 323 g/mol. The predicted octanol–water partition coefficient (Wildman–Crippen LogP) is 3.25. The van der Waals surface area contributed by atoms with Crippen LogP contribution < -0.4 is 5.32 Å². The maximum atomic E-state index is 13.8. The number of benzene rings is 1. The van der Waals surface area contributed by atoms with Crippen molar-refractivity contribution in [3.63, 3.8) is 0 Å². The van der Waals surface area contributed by atoms with Crippen LogP contribution in [0.3, 0.4) is 0 Å². The number of amides is 2. The van der Waals surface area contributed by atoms with Gasteiger partial charge in [0.25, 0.3) is 0 Å². The van der Waals surface area contributed by atoms with E-state index in [0.29, 0.717) is 24.4 Å². The highest BCUT2D eigenvalue weighted by atomic mass is 19.1. The molecule has 25 heavy (non-hydrogen) atoms. The van der Waals surface area contributed by atoms with Gasteiger partial charge in [-0.15, -0.1) is 0 Å². The van der Waals surface area contributed by atoms with Gasteiger partial charge in [-0.1, -0.05) is 17.3 Å². The fourth-order valence-electron chi connectivity index (χ4n) is 3.09. The van der Waals surface area contributed by atoms with Crippen LogP contribution in [0.25, 0.3) is 11.4 Å². The first-order chi connectivity index (χ1) is 12.0. The quantitative estimate of drug-likeness (QED) is 0.922. The minimum absolute atomic E-state index is 0.0303. The van der Waals surface area contributed by atoms with Crippen molar-refractivity contribution in [1.82, 2.24) is 20.4 Å². The van der Waals surface area contributed by atoms with Crippen LogP contribution in [0.1, 0.15) is 32.6 Å². The topological polar surface area (TPSA) is 71.3 Å². The normalized spacial score (nSPS) is 17.8. The molecule has 0 aliphatic carbocycles. The van der Waals surface area contributed by atoms with Crippen molar-refractivity contribution >= 4 is 6.03 Å². The van der Waals surface area contributed by atoms with Crippen LogP contribution >= 0.6 is 0 Å². The molecule has 1 fully saturated rings. The largest absolute Gasteiger partial charge is 0.339 e. The van der Waals surface area contributed by atoms with Crippen molar-refractivity contribution in [2.24, 2.45) is 5.92 Å². The highest BCUT2D eigenvalue weighted by Gasteiger charge is 2.26. The SMILES string of the molecule is CC(C)NC(=O)N1CCCC(Cc2nc(-c3ccccc3F)no2)C1. The van der Waals surface area contributed by atoms with Crippen LogP contribution in [-0.2, 0) is 6.42 Å². The van der Waals surface area contributed by atoms with Crippen LogP contribution in [-0.4, -0.2) is 40.2 Å². The molecule has 1 atom stereocenters. The van der Waals surface area contributed by atoms with E-state index in [0.717, 1.165) is 19.4 Å². The second-order valence-corrected chi connectivity index (χ2v) is 6.75. The van der Waals surface area contributed by atoms with E-state index in [-0.39, 0.29) is 29.6 Å². The summed E-state index contributed by atoms with van der Waals surface area (Å²) in [6.07, 6.45) is 2.54. The Morgan fingerprint density at radius 3 is 3.00 bits per heavy atom. The van der Waals surface area contributed by atoms with Crippen molar-refractivity contribution in [2.45, 2.75) is 39.2 Å². The zero-order valence-corrected chi connectivity index (χ0v) is 14.5. The monoisotopic (exact) mass is 346 g/mol. The first-order valence-corrected chi connectivity index (χ1v) is 8.66. The molecule has 0 spiro atoms. The minimum Gasteiger partial charge on any atom is -0.339 e. The molecule has 1 aromatic carbocycles. The van der Waals surface area contributed by atoms with Gasteiger partial charge in [0.05, 0.1) is 5.56 Å². The van der Waals surface area contributed by atoms with E-state index in [1.807, 2.05) is 18.7 Å². The number of urea groups is 1. The maximum Gasteiger partial charge on any atom is 0.317 e. The lowest BCUT2D eigenvalue weighted by Gasteiger charge is -2.32. The third-order valence-corrected chi connectivity index (χ3v) is 4.26. The van der Waals surface area contributed by atoms with Gasteiger partial charge in [0.1, 0.15) is 5.82 Å². The molecule has 2 aromatic rings. The fourth-order valence-corrected chi connectivity index (χ4v) is 3.09. The van der Waals surface area contributed by atoms with E-state index in [1.165, 1.54) is 6.07 Å². The Labute approximate surface area is 146 Å². The number of rotatable bonds is 4. The Balaban J connectivity index is 1.63. The van der Waals surface area contributed by atoms with Gasteiger partial charge in [0.2, 0.25) is 11.7 Å². The van der Waals surface area contributed by atoms with E-state index in [1.54, 1.807) is 18.2 Å². The van der Waals surface area contributed by atoms with Gasteiger partial charge >= 0.3 is 6.03 Å². The summed E-state index contributed by atoms with van der Waals surface area (Å²) in [6, 6.07) is 6.45. The predicted molar refractivity (Wildman–Crippen MR) is 91.4 cm³/mol. The van der Waals surface area contributed by atoms with E-state index in [2.05, 4.69) is 15.5 Å². The molecule has 1 aliphatic rings. The summed E-state index contributed by atoms with van der Waals surface area (Å²) in [5.74, 6) is 0.636. The molecule has 0 radical (unpaired) electrons. The zero-order chi connectivity index (χ0) is 17.8. The summed E-state index contributed by atoms with van der Waals surface area (Å²) < 4.78 is 19.1. The highest BCUT2D eigenvalue weighted by molar-refractivity contribution is 5.74. The number of aromatic nitrogens is 2. The third kappa shape index (κ3) is 4.35. The molecule has 1 aromatic heterocycles. The number of hydrogen-bond donors (Lipinski definition) is 1. The fraction of sp³-hybridized carbons (Fsp3) is 0.500. The van der Waals surface area contributed by atoms with E-state index >= 15 is 0 Å². The molecule has 0 bridgehead atoms. The lowest BCUT2D eigenvalue weighted by atomic mass is 9.95. The van der Waals surface area contributed by atoms with Crippen LogP contribution in [0.15, 0.2) is 28.8 Å². The molecule has 2 amide bonds. The first-order valence-electron chi connectivity index (χ1n) is 8.66. The van der Waals surface area contributed by atoms with E-state index in [9.17, 15) is 9.18 Å². The first kappa shape index (κ1) is 17.4. The molecule has 3 rings (SSSR count). The Bertz CT molecular complexity index is 731. The highest BCUT2D eigenvalue weighted by Crippen LogP contribution is 2.23. The molecule has 134 valence electrons. The average Bonchev–Trinajstić information content (AvgIpc) is 3.03.